The second-order valence-electron chi connectivity index (χ2n) is 11.5. The van der Waals surface area contributed by atoms with Crippen LogP contribution in [0, 0.1) is 23.7 Å². The third kappa shape index (κ3) is 5.70. The van der Waals surface area contributed by atoms with E-state index < -0.39 is 47.8 Å². The zero-order chi connectivity index (χ0) is 27.1. The number of carboxylic acid groups (broad SMARTS) is 2. The number of piperazine rings is 2. The Labute approximate surface area is 229 Å². The maximum Gasteiger partial charge on any atom is 0.229 e. The number of ether oxygens (including phenoxy) is 2. The number of rotatable bonds is 4. The van der Waals surface area contributed by atoms with Gasteiger partial charge in [0.15, 0.2) is 0 Å². The maximum atomic E-state index is 12.6. The minimum atomic E-state index is -1.19. The first kappa shape index (κ1) is 29.4. The van der Waals surface area contributed by atoms with Gasteiger partial charge in [-0.25, -0.2) is 0 Å². The van der Waals surface area contributed by atoms with Crippen molar-refractivity contribution < 1.29 is 48.7 Å². The molecule has 5 saturated heterocycles. The quantitative estimate of drug-likeness (QED) is 0.329. The molecule has 0 aromatic carbocycles. The van der Waals surface area contributed by atoms with E-state index in [0.717, 1.165) is 39.0 Å². The van der Waals surface area contributed by atoms with Crippen LogP contribution in [0.2, 0.25) is 0 Å². The molecule has 2 N–H and O–H groups in total. The van der Waals surface area contributed by atoms with Crippen LogP contribution in [-0.2, 0) is 28.7 Å². The van der Waals surface area contributed by atoms with Crippen molar-refractivity contribution in [3.05, 3.63) is 12.2 Å². The number of hydrogen-bond acceptors (Lipinski definition) is 8. The van der Waals surface area contributed by atoms with Crippen LogP contribution < -0.4 is 20.0 Å². The fourth-order valence-corrected chi connectivity index (χ4v) is 6.81. The fourth-order valence-electron chi connectivity index (χ4n) is 6.81. The predicted molar refractivity (Wildman–Crippen MR) is 133 cm³/mol. The fraction of sp³-hybridized carbons (Fsp3) is 0.778. The first-order chi connectivity index (χ1) is 18.2. The van der Waals surface area contributed by atoms with Crippen molar-refractivity contribution in [2.75, 3.05) is 66.5 Å². The summed E-state index contributed by atoms with van der Waals surface area (Å²) in [6.45, 7) is 6.42. The van der Waals surface area contributed by atoms with Crippen LogP contribution in [0.4, 0.5) is 0 Å². The molecule has 6 heterocycles. The lowest BCUT2D eigenvalue weighted by Gasteiger charge is -2.35. The zero-order valence-corrected chi connectivity index (χ0v) is 22.0. The molecule has 4 unspecified atom stereocenters. The number of aliphatic carboxylic acids is 2. The molecular formula is C27H42N4O8. The molecule has 5 fully saturated rings. The molecule has 6 rings (SSSR count). The summed E-state index contributed by atoms with van der Waals surface area (Å²) < 4.78 is 11.1. The number of likely N-dealkylation sites (N-methyl/N-ethyl adjacent to an activating group) is 2. The SMILES string of the molecule is C.C[NH+]1CCN(C(=O)C2C(C(=O)[O-])[C@H]3C=C[C@@H]2O3)CC1.C[NH+]1CCN(C(=O)C2C(C(=O)[O-])[C@H]3CC[C@@H]2O3)CC1. The highest BCUT2D eigenvalue weighted by molar-refractivity contribution is 5.87. The van der Waals surface area contributed by atoms with Crippen LogP contribution in [0.3, 0.4) is 0 Å². The Hall–Kier alpha value is -2.54. The Bertz CT molecular complexity index is 975. The third-order valence-corrected chi connectivity index (χ3v) is 9.14. The van der Waals surface area contributed by atoms with E-state index in [2.05, 4.69) is 14.1 Å². The number of nitrogens with zero attached hydrogens (tertiary/aromatic N) is 2. The van der Waals surface area contributed by atoms with Crippen molar-refractivity contribution in [2.24, 2.45) is 23.7 Å². The van der Waals surface area contributed by atoms with Gasteiger partial charge in [-0.05, 0) is 12.8 Å². The normalized spacial score (nSPS) is 37.3. The van der Waals surface area contributed by atoms with E-state index in [9.17, 15) is 29.4 Å². The molecule has 0 aliphatic carbocycles. The van der Waals surface area contributed by atoms with E-state index in [1.165, 1.54) is 9.80 Å². The molecule has 218 valence electrons. The zero-order valence-electron chi connectivity index (χ0n) is 22.0. The molecule has 0 aromatic rings. The predicted octanol–water partition coefficient (Wildman–Crippen LogP) is -5.81. The number of carbonyl (C=O) groups excluding carboxylic acids is 4. The first-order valence-corrected chi connectivity index (χ1v) is 13.8. The second kappa shape index (κ2) is 11.9. The van der Waals surface area contributed by atoms with Gasteiger partial charge < -0.3 is 48.9 Å². The maximum absolute atomic E-state index is 12.6. The summed E-state index contributed by atoms with van der Waals surface area (Å²) in [7, 11) is 4.20. The molecule has 12 heteroatoms. The number of nitrogens with one attached hydrogen (secondary N) is 2. The Morgan fingerprint density at radius 1 is 0.667 bits per heavy atom. The lowest BCUT2D eigenvalue weighted by Crippen LogP contribution is -3.12. The Morgan fingerprint density at radius 3 is 1.54 bits per heavy atom. The number of carboxylic acids is 2. The van der Waals surface area contributed by atoms with Crippen LogP contribution >= 0.6 is 0 Å². The molecule has 2 amide bonds. The summed E-state index contributed by atoms with van der Waals surface area (Å²) in [5.74, 6) is -5.19. The summed E-state index contributed by atoms with van der Waals surface area (Å²) in [5, 5.41) is 22.5. The smallest absolute Gasteiger partial charge is 0.229 e. The minimum Gasteiger partial charge on any atom is -0.550 e. The largest absolute Gasteiger partial charge is 0.550 e. The van der Waals surface area contributed by atoms with Gasteiger partial charge in [0.1, 0.15) is 0 Å². The standard InChI is InChI=1S/C13H20N2O4.C13H18N2O4.CH4/c2*1-14-4-6-15(7-5-14)12(16)10-8-2-3-9(19-8)11(10)13(17)18;/h8-11H,2-7H2,1H3,(H,17,18);2-3,8-11H,4-7H2,1H3,(H,17,18);1H4/t2*8-,9+,10?,11?;/m00./s1. The van der Waals surface area contributed by atoms with Gasteiger partial charge >= 0.3 is 0 Å². The summed E-state index contributed by atoms with van der Waals surface area (Å²) in [4.78, 5) is 54.0. The Kier molecular flexibility index (Phi) is 8.99. The molecule has 0 aromatic heterocycles. The summed E-state index contributed by atoms with van der Waals surface area (Å²) in [6.07, 6.45) is 3.63. The van der Waals surface area contributed by atoms with Crippen LogP contribution in [0.15, 0.2) is 12.2 Å². The lowest BCUT2D eigenvalue weighted by molar-refractivity contribution is -0.883. The third-order valence-electron chi connectivity index (χ3n) is 9.14. The van der Waals surface area contributed by atoms with Crippen LogP contribution in [0.5, 0.6) is 0 Å². The molecule has 39 heavy (non-hydrogen) atoms. The van der Waals surface area contributed by atoms with Gasteiger partial charge in [-0.2, -0.15) is 0 Å². The van der Waals surface area contributed by atoms with E-state index >= 15 is 0 Å². The molecule has 12 nitrogen and oxygen atoms in total. The molecule has 4 bridgehead atoms. The highest BCUT2D eigenvalue weighted by Gasteiger charge is 2.54. The molecule has 8 atom stereocenters. The summed E-state index contributed by atoms with van der Waals surface area (Å²) in [5.41, 5.74) is 0. The number of fused-ring (bicyclic) bond motifs is 4. The van der Waals surface area contributed by atoms with Crippen LogP contribution in [-0.4, -0.2) is 124 Å². The van der Waals surface area contributed by atoms with Crippen LogP contribution in [0.25, 0.3) is 0 Å². The van der Waals surface area contributed by atoms with E-state index in [4.69, 9.17) is 9.47 Å². The number of amides is 2. The van der Waals surface area contributed by atoms with E-state index in [-0.39, 0.29) is 31.4 Å². The summed E-state index contributed by atoms with van der Waals surface area (Å²) in [6, 6.07) is 0. The highest BCUT2D eigenvalue weighted by Crippen LogP contribution is 2.44. The highest BCUT2D eigenvalue weighted by atomic mass is 16.5. The van der Waals surface area contributed by atoms with Gasteiger partial charge in [0.2, 0.25) is 11.8 Å². The number of hydrogen-bond donors (Lipinski definition) is 2. The van der Waals surface area contributed by atoms with Crippen LogP contribution in [0.1, 0.15) is 20.3 Å². The van der Waals surface area contributed by atoms with E-state index in [0.29, 0.717) is 26.2 Å². The second-order valence-corrected chi connectivity index (χ2v) is 11.5. The topological polar surface area (TPSA) is 148 Å². The lowest BCUT2D eigenvalue weighted by atomic mass is 9.78. The average molecular weight is 551 g/mol. The van der Waals surface area contributed by atoms with Gasteiger partial charge in [-0.1, -0.05) is 19.6 Å². The van der Waals surface area contributed by atoms with Crippen molar-refractivity contribution in [3.63, 3.8) is 0 Å². The number of carbonyl (C=O) groups is 4. The van der Waals surface area contributed by atoms with Crippen molar-refractivity contribution >= 4 is 23.8 Å². The molecule has 6 aliphatic heterocycles. The van der Waals surface area contributed by atoms with Crippen molar-refractivity contribution in [1.29, 1.82) is 0 Å². The number of quaternary nitrogens is 2. The molecule has 6 aliphatic rings. The molecule has 0 saturated carbocycles. The van der Waals surface area contributed by atoms with Gasteiger partial charge in [0.05, 0.1) is 103 Å². The summed E-state index contributed by atoms with van der Waals surface area (Å²) >= 11 is 0. The minimum absolute atomic E-state index is 0. The molecule has 0 spiro atoms. The average Bonchev–Trinajstić information content (AvgIpc) is 3.70. The van der Waals surface area contributed by atoms with Gasteiger partial charge in [0.25, 0.3) is 0 Å². The van der Waals surface area contributed by atoms with Gasteiger partial charge in [0, 0.05) is 23.8 Å². The van der Waals surface area contributed by atoms with E-state index in [1.807, 2.05) is 0 Å². The molecular weight excluding hydrogens is 508 g/mol. The molecule has 0 radical (unpaired) electrons. The first-order valence-electron chi connectivity index (χ1n) is 13.8. The van der Waals surface area contributed by atoms with Gasteiger partial charge in [-0.15, -0.1) is 0 Å². The van der Waals surface area contributed by atoms with Crippen molar-refractivity contribution in [2.45, 2.75) is 44.7 Å². The van der Waals surface area contributed by atoms with Crippen molar-refractivity contribution in [1.82, 2.24) is 9.80 Å². The van der Waals surface area contributed by atoms with Gasteiger partial charge in [-0.3, -0.25) is 9.59 Å². The van der Waals surface area contributed by atoms with E-state index in [1.54, 1.807) is 22.0 Å². The Balaban J connectivity index is 0.000000176. The Morgan fingerprint density at radius 2 is 1.08 bits per heavy atom. The monoisotopic (exact) mass is 550 g/mol. The van der Waals surface area contributed by atoms with Crippen molar-refractivity contribution in [3.8, 4) is 0 Å².